The van der Waals surface area contributed by atoms with Crippen molar-refractivity contribution in [2.75, 3.05) is 14.2 Å². The third-order valence-electron chi connectivity index (χ3n) is 4.15. The van der Waals surface area contributed by atoms with Crippen LogP contribution in [0.4, 0.5) is 0 Å². The van der Waals surface area contributed by atoms with Crippen LogP contribution in [0, 0.1) is 5.92 Å². The van der Waals surface area contributed by atoms with Gasteiger partial charge in [-0.05, 0) is 41.7 Å². The first-order valence-electron chi connectivity index (χ1n) is 6.94. The van der Waals surface area contributed by atoms with Crippen molar-refractivity contribution in [2.24, 2.45) is 13.0 Å². The van der Waals surface area contributed by atoms with Gasteiger partial charge in [-0.25, -0.2) is 4.68 Å². The summed E-state index contributed by atoms with van der Waals surface area (Å²) in [5.74, 6) is 0.609. The molecular weight excluding hydrogens is 308 g/mol. The largest absolute Gasteiger partial charge is 0.379 e. The van der Waals surface area contributed by atoms with Gasteiger partial charge >= 0.3 is 0 Å². The van der Waals surface area contributed by atoms with Crippen molar-refractivity contribution < 1.29 is 4.74 Å². The average Bonchev–Trinajstić information content (AvgIpc) is 2.77. The smallest absolute Gasteiger partial charge is 0.153 e. The molecule has 1 fully saturated rings. The number of nitrogens with zero attached hydrogens (tertiary/aromatic N) is 3. The summed E-state index contributed by atoms with van der Waals surface area (Å²) in [5, 5.41) is 11.5. The Kier molecular flexibility index (Phi) is 5.36. The molecule has 1 aromatic rings. The maximum Gasteiger partial charge on any atom is 0.153 e. The quantitative estimate of drug-likeness (QED) is 0.900. The van der Waals surface area contributed by atoms with Crippen LogP contribution in [0.3, 0.4) is 0 Å². The number of hydrogen-bond donors (Lipinski definition) is 1. The highest BCUT2D eigenvalue weighted by atomic mass is 79.9. The molecule has 0 radical (unpaired) electrons. The topological polar surface area (TPSA) is 52.0 Å². The Balaban J connectivity index is 2.23. The van der Waals surface area contributed by atoms with Crippen molar-refractivity contribution >= 4 is 15.9 Å². The fraction of sp³-hybridized carbons (Fsp3) is 0.846. The second-order valence-electron chi connectivity index (χ2n) is 5.25. The predicted octanol–water partition coefficient (Wildman–Crippen LogP) is 2.43. The molecule has 6 heteroatoms. The zero-order valence-electron chi connectivity index (χ0n) is 11.9. The summed E-state index contributed by atoms with van der Waals surface area (Å²) in [6, 6.07) is 0.113. The highest BCUT2D eigenvalue weighted by molar-refractivity contribution is 9.10. The van der Waals surface area contributed by atoms with E-state index >= 15 is 0 Å². The fourth-order valence-electron chi connectivity index (χ4n) is 3.19. The van der Waals surface area contributed by atoms with Crippen molar-refractivity contribution in [1.82, 2.24) is 20.3 Å². The van der Waals surface area contributed by atoms with E-state index in [2.05, 4.69) is 31.6 Å². The molecule has 0 saturated heterocycles. The van der Waals surface area contributed by atoms with E-state index in [1.807, 2.05) is 18.8 Å². The van der Waals surface area contributed by atoms with Gasteiger partial charge in [-0.2, -0.15) is 0 Å². The first-order valence-corrected chi connectivity index (χ1v) is 7.73. The number of halogens is 1. The van der Waals surface area contributed by atoms with E-state index in [1.54, 1.807) is 7.11 Å². The van der Waals surface area contributed by atoms with Gasteiger partial charge in [-0.3, -0.25) is 0 Å². The average molecular weight is 331 g/mol. The van der Waals surface area contributed by atoms with Crippen LogP contribution in [0.25, 0.3) is 0 Å². The van der Waals surface area contributed by atoms with Crippen LogP contribution < -0.4 is 5.32 Å². The first-order chi connectivity index (χ1) is 9.19. The molecule has 2 unspecified atom stereocenters. The Bertz CT molecular complexity index is 384. The number of methoxy groups -OCH3 is 1. The monoisotopic (exact) mass is 330 g/mol. The SMILES string of the molecule is CNC(c1c(Br)nnn1C)C(OC)C1CCCCC1. The first kappa shape index (κ1) is 14.9. The lowest BCUT2D eigenvalue weighted by Crippen LogP contribution is -2.38. The third-order valence-corrected chi connectivity index (χ3v) is 4.71. The molecule has 108 valence electrons. The van der Waals surface area contributed by atoms with E-state index < -0.39 is 0 Å². The highest BCUT2D eigenvalue weighted by Crippen LogP contribution is 2.35. The van der Waals surface area contributed by atoms with Crippen LogP contribution in [0.15, 0.2) is 4.60 Å². The summed E-state index contributed by atoms with van der Waals surface area (Å²) in [5.41, 5.74) is 1.06. The molecule has 1 aliphatic carbocycles. The zero-order valence-corrected chi connectivity index (χ0v) is 13.5. The van der Waals surface area contributed by atoms with E-state index in [0.29, 0.717) is 5.92 Å². The van der Waals surface area contributed by atoms with Crippen LogP contribution in [0.2, 0.25) is 0 Å². The Morgan fingerprint density at radius 3 is 2.53 bits per heavy atom. The van der Waals surface area contributed by atoms with E-state index in [0.717, 1.165) is 10.3 Å². The van der Waals surface area contributed by atoms with Crippen molar-refractivity contribution in [3.05, 3.63) is 10.3 Å². The minimum Gasteiger partial charge on any atom is -0.379 e. The Morgan fingerprint density at radius 1 is 1.37 bits per heavy atom. The van der Waals surface area contributed by atoms with E-state index in [-0.39, 0.29) is 12.1 Å². The number of rotatable bonds is 5. The molecule has 1 N–H and O–H groups in total. The summed E-state index contributed by atoms with van der Waals surface area (Å²) < 4.78 is 8.44. The molecule has 1 aliphatic rings. The molecule has 0 amide bonds. The number of aryl methyl sites for hydroxylation is 1. The van der Waals surface area contributed by atoms with Gasteiger partial charge in [0, 0.05) is 14.2 Å². The maximum absolute atomic E-state index is 5.82. The molecule has 5 nitrogen and oxygen atoms in total. The number of hydrogen-bond acceptors (Lipinski definition) is 4. The number of nitrogens with one attached hydrogen (secondary N) is 1. The predicted molar refractivity (Wildman–Crippen MR) is 77.9 cm³/mol. The Hall–Kier alpha value is -0.460. The number of likely N-dealkylation sites (N-methyl/N-ethyl adjacent to an activating group) is 1. The Labute approximate surface area is 123 Å². The van der Waals surface area contributed by atoms with Crippen molar-refractivity contribution in [2.45, 2.75) is 44.2 Å². The second-order valence-corrected chi connectivity index (χ2v) is 6.00. The maximum atomic E-state index is 5.82. The third kappa shape index (κ3) is 3.17. The molecular formula is C13H23BrN4O. The zero-order chi connectivity index (χ0) is 13.8. The van der Waals surface area contributed by atoms with Crippen LogP contribution in [0.1, 0.15) is 43.8 Å². The van der Waals surface area contributed by atoms with Gasteiger partial charge in [0.05, 0.1) is 17.8 Å². The Morgan fingerprint density at radius 2 is 2.05 bits per heavy atom. The molecule has 1 heterocycles. The van der Waals surface area contributed by atoms with Gasteiger partial charge in [0.15, 0.2) is 4.60 Å². The van der Waals surface area contributed by atoms with Crippen molar-refractivity contribution in [3.63, 3.8) is 0 Å². The molecule has 0 aromatic carbocycles. The van der Waals surface area contributed by atoms with E-state index in [4.69, 9.17) is 4.74 Å². The van der Waals surface area contributed by atoms with E-state index in [9.17, 15) is 0 Å². The minimum atomic E-state index is 0.113. The standard InChI is InChI=1S/C13H23BrN4O/c1-15-10(11-13(14)16-17-18(11)2)12(19-3)9-7-5-4-6-8-9/h9-10,12,15H,4-8H2,1-3H3. The summed E-state index contributed by atoms with van der Waals surface area (Å²) in [7, 11) is 5.70. The second kappa shape index (κ2) is 6.81. The molecule has 2 atom stereocenters. The normalized spacial score (nSPS) is 20.4. The summed E-state index contributed by atoms with van der Waals surface area (Å²) in [6.45, 7) is 0. The number of aromatic nitrogens is 3. The molecule has 0 spiro atoms. The molecule has 1 saturated carbocycles. The van der Waals surface area contributed by atoms with Crippen molar-refractivity contribution in [1.29, 1.82) is 0 Å². The summed E-state index contributed by atoms with van der Waals surface area (Å²) >= 11 is 3.49. The molecule has 2 rings (SSSR count). The van der Waals surface area contributed by atoms with Gasteiger partial charge in [-0.15, -0.1) is 5.10 Å². The van der Waals surface area contributed by atoms with Gasteiger partial charge < -0.3 is 10.1 Å². The van der Waals surface area contributed by atoms with Gasteiger partial charge in [-0.1, -0.05) is 24.5 Å². The molecule has 19 heavy (non-hydrogen) atoms. The lowest BCUT2D eigenvalue weighted by molar-refractivity contribution is 0.00731. The van der Waals surface area contributed by atoms with Gasteiger partial charge in [0.2, 0.25) is 0 Å². The number of ether oxygens (including phenoxy) is 1. The fourth-order valence-corrected chi connectivity index (χ4v) is 3.76. The van der Waals surface area contributed by atoms with Gasteiger partial charge in [0.25, 0.3) is 0 Å². The molecule has 1 aromatic heterocycles. The lowest BCUT2D eigenvalue weighted by atomic mass is 9.82. The summed E-state index contributed by atoms with van der Waals surface area (Å²) in [4.78, 5) is 0. The van der Waals surface area contributed by atoms with Crippen LogP contribution in [-0.2, 0) is 11.8 Å². The molecule has 0 aliphatic heterocycles. The van der Waals surface area contributed by atoms with Crippen LogP contribution in [-0.4, -0.2) is 35.3 Å². The van der Waals surface area contributed by atoms with Crippen molar-refractivity contribution in [3.8, 4) is 0 Å². The minimum absolute atomic E-state index is 0.113. The van der Waals surface area contributed by atoms with Crippen LogP contribution >= 0.6 is 15.9 Å². The lowest BCUT2D eigenvalue weighted by Gasteiger charge is -2.34. The van der Waals surface area contributed by atoms with E-state index in [1.165, 1.54) is 32.1 Å². The highest BCUT2D eigenvalue weighted by Gasteiger charge is 2.34. The summed E-state index contributed by atoms with van der Waals surface area (Å²) in [6.07, 6.45) is 6.64. The molecule has 0 bridgehead atoms. The van der Waals surface area contributed by atoms with Gasteiger partial charge in [0.1, 0.15) is 0 Å². The van der Waals surface area contributed by atoms with Crippen LogP contribution in [0.5, 0.6) is 0 Å².